The number of aromatic nitrogens is 2. The SMILES string of the molecule is Cn1nc2c(c1C(F)F)C1CC1C2O. The first-order chi connectivity index (χ1) is 6.61. The first-order valence-corrected chi connectivity index (χ1v) is 4.64. The van der Waals surface area contributed by atoms with Crippen LogP contribution >= 0.6 is 0 Å². The number of rotatable bonds is 1. The third kappa shape index (κ3) is 0.809. The third-order valence-electron chi connectivity index (χ3n) is 3.26. The van der Waals surface area contributed by atoms with Crippen LogP contribution in [-0.2, 0) is 7.05 Å². The number of nitrogens with zero attached hydrogens (tertiary/aromatic N) is 2. The topological polar surface area (TPSA) is 38.0 Å². The molecule has 1 fully saturated rings. The lowest BCUT2D eigenvalue weighted by Crippen LogP contribution is -2.02. The Bertz CT molecular complexity index is 402. The molecule has 3 unspecified atom stereocenters. The second-order valence-corrected chi connectivity index (χ2v) is 4.06. The second kappa shape index (κ2) is 2.34. The first-order valence-electron chi connectivity index (χ1n) is 4.64. The lowest BCUT2D eigenvalue weighted by Gasteiger charge is -2.02. The third-order valence-corrected chi connectivity index (χ3v) is 3.26. The van der Waals surface area contributed by atoms with E-state index in [0.29, 0.717) is 11.3 Å². The molecule has 3 rings (SSSR count). The van der Waals surface area contributed by atoms with Crippen LogP contribution in [0.15, 0.2) is 0 Å². The Balaban J connectivity index is 2.18. The number of hydrogen-bond acceptors (Lipinski definition) is 2. The van der Waals surface area contributed by atoms with Gasteiger partial charge in [-0.3, -0.25) is 4.68 Å². The van der Waals surface area contributed by atoms with Crippen molar-refractivity contribution in [3.8, 4) is 0 Å². The number of halogens is 2. The molecule has 1 N–H and O–H groups in total. The molecular weight excluding hydrogens is 190 g/mol. The van der Waals surface area contributed by atoms with Gasteiger partial charge in [-0.25, -0.2) is 8.78 Å². The maximum Gasteiger partial charge on any atom is 0.280 e. The first kappa shape index (κ1) is 8.35. The van der Waals surface area contributed by atoms with Crippen LogP contribution in [0.3, 0.4) is 0 Å². The monoisotopic (exact) mass is 200 g/mol. The van der Waals surface area contributed by atoms with Gasteiger partial charge in [0.2, 0.25) is 0 Å². The predicted octanol–water partition coefficient (Wildman–Crippen LogP) is 1.51. The van der Waals surface area contributed by atoms with Crippen LogP contribution in [0.25, 0.3) is 0 Å². The van der Waals surface area contributed by atoms with Crippen molar-refractivity contribution in [3.05, 3.63) is 17.0 Å². The van der Waals surface area contributed by atoms with Crippen molar-refractivity contribution in [3.63, 3.8) is 0 Å². The average Bonchev–Trinajstić information content (AvgIpc) is 2.74. The van der Waals surface area contributed by atoms with E-state index in [9.17, 15) is 13.9 Å². The molecule has 0 bridgehead atoms. The molecule has 1 aromatic rings. The Labute approximate surface area is 79.3 Å². The summed E-state index contributed by atoms with van der Waals surface area (Å²) in [5, 5.41) is 13.7. The van der Waals surface area contributed by atoms with Crippen LogP contribution in [0, 0.1) is 5.92 Å². The Kier molecular flexibility index (Phi) is 1.39. The van der Waals surface area contributed by atoms with Gasteiger partial charge in [-0.05, 0) is 18.3 Å². The van der Waals surface area contributed by atoms with Gasteiger partial charge in [0.1, 0.15) is 11.8 Å². The maximum atomic E-state index is 12.7. The van der Waals surface area contributed by atoms with Gasteiger partial charge in [0, 0.05) is 12.6 Å². The quantitative estimate of drug-likeness (QED) is 0.746. The van der Waals surface area contributed by atoms with E-state index in [1.54, 1.807) is 0 Å². The maximum absolute atomic E-state index is 12.7. The summed E-state index contributed by atoms with van der Waals surface area (Å²) >= 11 is 0. The molecule has 1 saturated carbocycles. The molecule has 1 aromatic heterocycles. The van der Waals surface area contributed by atoms with E-state index in [1.807, 2.05) is 0 Å². The molecule has 0 saturated heterocycles. The van der Waals surface area contributed by atoms with Crippen LogP contribution in [0.1, 0.15) is 41.8 Å². The minimum atomic E-state index is -2.50. The summed E-state index contributed by atoms with van der Waals surface area (Å²) in [7, 11) is 1.50. The summed E-state index contributed by atoms with van der Waals surface area (Å²) in [5.74, 6) is 0.295. The number of hydrogen-bond donors (Lipinski definition) is 1. The van der Waals surface area contributed by atoms with Crippen molar-refractivity contribution in [1.29, 1.82) is 0 Å². The van der Waals surface area contributed by atoms with Crippen LogP contribution in [0.4, 0.5) is 8.78 Å². The van der Waals surface area contributed by atoms with Crippen LogP contribution in [0.5, 0.6) is 0 Å². The molecule has 5 heteroatoms. The normalized spacial score (nSPS) is 33.4. The van der Waals surface area contributed by atoms with Crippen molar-refractivity contribution in [2.24, 2.45) is 13.0 Å². The lowest BCUT2D eigenvalue weighted by atomic mass is 10.1. The van der Waals surface area contributed by atoms with Gasteiger partial charge in [-0.1, -0.05) is 0 Å². The fourth-order valence-corrected chi connectivity index (χ4v) is 2.53. The molecule has 76 valence electrons. The molecule has 14 heavy (non-hydrogen) atoms. The summed E-state index contributed by atoms with van der Waals surface area (Å²) in [4.78, 5) is 0. The molecule has 2 aliphatic carbocycles. The highest BCUT2D eigenvalue weighted by molar-refractivity contribution is 5.43. The summed E-state index contributed by atoms with van der Waals surface area (Å²) < 4.78 is 26.6. The summed E-state index contributed by atoms with van der Waals surface area (Å²) in [5.41, 5.74) is 1.08. The number of aliphatic hydroxyl groups excluding tert-OH is 1. The number of aryl methyl sites for hydroxylation is 1. The van der Waals surface area contributed by atoms with E-state index >= 15 is 0 Å². The van der Waals surface area contributed by atoms with Gasteiger partial charge >= 0.3 is 0 Å². The standard InChI is InChI=1S/C9H10F2N2O/c1-13-7(9(10)11)5-3-2-4(3)8(14)6(5)12-13/h3-4,8-9,14H,2H2,1H3. The Morgan fingerprint density at radius 2 is 2.29 bits per heavy atom. The largest absolute Gasteiger partial charge is 0.386 e. The van der Waals surface area contributed by atoms with Gasteiger partial charge in [0.15, 0.2) is 0 Å². The minimum Gasteiger partial charge on any atom is -0.386 e. The van der Waals surface area contributed by atoms with E-state index in [-0.39, 0.29) is 17.5 Å². The van der Waals surface area contributed by atoms with Crippen molar-refractivity contribution >= 4 is 0 Å². The number of fused-ring (bicyclic) bond motifs is 3. The van der Waals surface area contributed by atoms with Crippen molar-refractivity contribution in [2.75, 3.05) is 0 Å². The molecule has 2 aliphatic rings. The molecule has 0 amide bonds. The van der Waals surface area contributed by atoms with Gasteiger partial charge in [-0.2, -0.15) is 5.10 Å². The molecular formula is C9H10F2N2O. The van der Waals surface area contributed by atoms with Gasteiger partial charge < -0.3 is 5.11 Å². The fourth-order valence-electron chi connectivity index (χ4n) is 2.53. The number of aliphatic hydroxyl groups is 1. The van der Waals surface area contributed by atoms with Gasteiger partial charge in [0.05, 0.1) is 5.69 Å². The van der Waals surface area contributed by atoms with E-state index in [1.165, 1.54) is 11.7 Å². The smallest absolute Gasteiger partial charge is 0.280 e. The average molecular weight is 200 g/mol. The number of alkyl halides is 2. The molecule has 0 spiro atoms. The fraction of sp³-hybridized carbons (Fsp3) is 0.667. The second-order valence-electron chi connectivity index (χ2n) is 4.06. The molecule has 0 aliphatic heterocycles. The highest BCUT2D eigenvalue weighted by atomic mass is 19.3. The van der Waals surface area contributed by atoms with Gasteiger partial charge in [-0.15, -0.1) is 0 Å². The van der Waals surface area contributed by atoms with E-state index < -0.39 is 12.5 Å². The van der Waals surface area contributed by atoms with Crippen LogP contribution in [0.2, 0.25) is 0 Å². The summed E-state index contributed by atoms with van der Waals surface area (Å²) in [6, 6.07) is 0. The highest BCUT2D eigenvalue weighted by Gasteiger charge is 2.55. The molecule has 3 atom stereocenters. The Hall–Kier alpha value is -0.970. The molecule has 1 heterocycles. The van der Waals surface area contributed by atoms with E-state index in [2.05, 4.69) is 5.10 Å². The zero-order valence-corrected chi connectivity index (χ0v) is 7.61. The molecule has 0 radical (unpaired) electrons. The summed E-state index contributed by atoms with van der Waals surface area (Å²) in [6.45, 7) is 0. The highest BCUT2D eigenvalue weighted by Crippen LogP contribution is 2.62. The van der Waals surface area contributed by atoms with Crippen LogP contribution < -0.4 is 0 Å². The Morgan fingerprint density at radius 1 is 1.57 bits per heavy atom. The zero-order valence-electron chi connectivity index (χ0n) is 7.61. The summed E-state index contributed by atoms with van der Waals surface area (Å²) in [6.07, 6.45) is -2.28. The lowest BCUT2D eigenvalue weighted by molar-refractivity contribution is 0.138. The van der Waals surface area contributed by atoms with Crippen molar-refractivity contribution in [1.82, 2.24) is 9.78 Å². The van der Waals surface area contributed by atoms with E-state index in [4.69, 9.17) is 0 Å². The van der Waals surface area contributed by atoms with Gasteiger partial charge in [0.25, 0.3) is 6.43 Å². The van der Waals surface area contributed by atoms with Crippen LogP contribution in [-0.4, -0.2) is 14.9 Å². The predicted molar refractivity (Wildman–Crippen MR) is 44.0 cm³/mol. The van der Waals surface area contributed by atoms with E-state index in [0.717, 1.165) is 6.42 Å². The van der Waals surface area contributed by atoms with Crippen molar-refractivity contribution in [2.45, 2.75) is 24.9 Å². The minimum absolute atomic E-state index is 0.0101. The zero-order chi connectivity index (χ0) is 10.0. The van der Waals surface area contributed by atoms with Crippen molar-refractivity contribution < 1.29 is 13.9 Å². The molecule has 0 aromatic carbocycles. The molecule has 3 nitrogen and oxygen atoms in total. The Morgan fingerprint density at radius 3 is 2.93 bits per heavy atom.